The van der Waals surface area contributed by atoms with Crippen LogP contribution >= 0.6 is 0 Å². The van der Waals surface area contributed by atoms with E-state index < -0.39 is 4.92 Å². The van der Waals surface area contributed by atoms with Gasteiger partial charge in [0.1, 0.15) is 11.4 Å². The van der Waals surface area contributed by atoms with E-state index in [9.17, 15) is 20.0 Å². The molecule has 1 aliphatic heterocycles. The summed E-state index contributed by atoms with van der Waals surface area (Å²) in [6.07, 6.45) is 0.729. The largest absolute Gasteiger partial charge is 0.508 e. The summed E-state index contributed by atoms with van der Waals surface area (Å²) in [5, 5.41) is 23.4. The maximum Gasteiger partial charge on any atom is 0.292 e. The van der Waals surface area contributed by atoms with Gasteiger partial charge in [0.15, 0.2) is 0 Å². The van der Waals surface area contributed by atoms with Crippen LogP contribution in [0.3, 0.4) is 0 Å². The zero-order valence-corrected chi connectivity index (χ0v) is 12.9. The van der Waals surface area contributed by atoms with E-state index in [0.29, 0.717) is 18.8 Å². The number of nitro groups is 1. The second-order valence-corrected chi connectivity index (χ2v) is 5.65. The molecule has 124 valence electrons. The lowest BCUT2D eigenvalue weighted by molar-refractivity contribution is -0.383. The molecule has 7 heteroatoms. The normalized spacial score (nSPS) is 13.2. The first-order valence-corrected chi connectivity index (χ1v) is 7.60. The number of amides is 1. The molecular formula is C17H17N3O4. The van der Waals surface area contributed by atoms with Crippen LogP contribution in [0.4, 0.5) is 11.4 Å². The molecule has 0 spiro atoms. The number of phenols is 1. The van der Waals surface area contributed by atoms with Crippen LogP contribution in [0, 0.1) is 10.1 Å². The number of rotatable bonds is 4. The molecule has 24 heavy (non-hydrogen) atoms. The fraction of sp³-hybridized carbons (Fsp3) is 0.235. The van der Waals surface area contributed by atoms with Crippen LogP contribution in [-0.2, 0) is 17.8 Å². The molecule has 0 fully saturated rings. The number of benzene rings is 2. The Morgan fingerprint density at radius 1 is 1.25 bits per heavy atom. The number of aromatic hydroxyl groups is 1. The van der Waals surface area contributed by atoms with E-state index in [1.807, 2.05) is 6.07 Å². The third-order valence-corrected chi connectivity index (χ3v) is 4.09. The van der Waals surface area contributed by atoms with Gasteiger partial charge in [-0.05, 0) is 35.7 Å². The number of hydrogen-bond donors (Lipinski definition) is 2. The van der Waals surface area contributed by atoms with Crippen molar-refractivity contribution in [3.8, 4) is 5.75 Å². The van der Waals surface area contributed by atoms with E-state index in [0.717, 1.165) is 17.5 Å². The highest BCUT2D eigenvalue weighted by atomic mass is 16.6. The predicted molar refractivity (Wildman–Crippen MR) is 88.8 cm³/mol. The van der Waals surface area contributed by atoms with E-state index in [1.54, 1.807) is 35.2 Å². The second kappa shape index (κ2) is 6.57. The van der Waals surface area contributed by atoms with Crippen molar-refractivity contribution in [3.63, 3.8) is 0 Å². The van der Waals surface area contributed by atoms with Gasteiger partial charge in [0.05, 0.1) is 11.5 Å². The number of hydrogen-bond acceptors (Lipinski definition) is 5. The summed E-state index contributed by atoms with van der Waals surface area (Å²) in [7, 11) is 0. The number of nitro benzene ring substituents is 1. The summed E-state index contributed by atoms with van der Waals surface area (Å²) in [5.74, 6) is 0.0447. The van der Waals surface area contributed by atoms with Gasteiger partial charge < -0.3 is 15.3 Å². The van der Waals surface area contributed by atoms with Crippen LogP contribution < -0.4 is 5.32 Å². The van der Waals surface area contributed by atoms with E-state index in [-0.39, 0.29) is 23.9 Å². The maximum absolute atomic E-state index is 12.4. The van der Waals surface area contributed by atoms with E-state index in [2.05, 4.69) is 5.32 Å². The summed E-state index contributed by atoms with van der Waals surface area (Å²) in [5.41, 5.74) is 2.33. The zero-order valence-electron chi connectivity index (χ0n) is 12.9. The minimum absolute atomic E-state index is 0.0149. The van der Waals surface area contributed by atoms with Crippen molar-refractivity contribution in [1.29, 1.82) is 0 Å². The standard InChI is InChI=1S/C17H17N3O4/c21-14-6-5-12-7-8-19(11-13(12)9-14)17(22)10-18-15-3-1-2-4-16(15)20(23)24/h1-6,9,18,21H,7-8,10-11H2. The van der Waals surface area contributed by atoms with Crippen LogP contribution in [0.2, 0.25) is 0 Å². The van der Waals surface area contributed by atoms with Crippen LogP contribution in [0.25, 0.3) is 0 Å². The molecule has 0 aromatic heterocycles. The molecule has 0 saturated heterocycles. The topological polar surface area (TPSA) is 95.7 Å². The highest BCUT2D eigenvalue weighted by Gasteiger charge is 2.21. The Bertz CT molecular complexity index is 791. The van der Waals surface area contributed by atoms with Gasteiger partial charge in [0.25, 0.3) is 5.69 Å². The quantitative estimate of drug-likeness (QED) is 0.663. The van der Waals surface area contributed by atoms with Crippen molar-refractivity contribution in [2.45, 2.75) is 13.0 Å². The Hall–Kier alpha value is -3.09. The lowest BCUT2D eigenvalue weighted by Gasteiger charge is -2.29. The van der Waals surface area contributed by atoms with Crippen LogP contribution in [-0.4, -0.2) is 33.9 Å². The average Bonchev–Trinajstić information content (AvgIpc) is 2.59. The molecule has 2 aromatic carbocycles. The highest BCUT2D eigenvalue weighted by Crippen LogP contribution is 2.25. The van der Waals surface area contributed by atoms with Crippen molar-refractivity contribution < 1.29 is 14.8 Å². The van der Waals surface area contributed by atoms with Crippen LogP contribution in [0.5, 0.6) is 5.75 Å². The molecule has 0 bridgehead atoms. The molecule has 0 saturated carbocycles. The number of fused-ring (bicyclic) bond motifs is 1. The molecule has 0 unspecified atom stereocenters. The summed E-state index contributed by atoms with van der Waals surface area (Å²) in [4.78, 5) is 24.6. The average molecular weight is 327 g/mol. The molecule has 0 atom stereocenters. The molecule has 7 nitrogen and oxygen atoms in total. The van der Waals surface area contributed by atoms with Crippen molar-refractivity contribution in [1.82, 2.24) is 4.90 Å². The molecular weight excluding hydrogens is 310 g/mol. The number of carbonyl (C=O) groups excluding carboxylic acids is 1. The van der Waals surface area contributed by atoms with Gasteiger partial charge >= 0.3 is 0 Å². The van der Waals surface area contributed by atoms with Gasteiger partial charge in [-0.15, -0.1) is 0 Å². The van der Waals surface area contributed by atoms with Crippen molar-refractivity contribution in [2.75, 3.05) is 18.4 Å². The Labute approximate surface area is 138 Å². The van der Waals surface area contributed by atoms with Crippen molar-refractivity contribution >= 4 is 17.3 Å². The summed E-state index contributed by atoms with van der Waals surface area (Å²) in [6.45, 7) is 1.01. The first kappa shape index (κ1) is 15.8. The van der Waals surface area contributed by atoms with E-state index in [4.69, 9.17) is 0 Å². The van der Waals surface area contributed by atoms with Gasteiger partial charge in [-0.3, -0.25) is 14.9 Å². The SMILES string of the molecule is O=C(CNc1ccccc1[N+](=O)[O-])N1CCc2ccc(O)cc2C1. The molecule has 1 heterocycles. The molecule has 3 rings (SSSR count). The third-order valence-electron chi connectivity index (χ3n) is 4.09. The Balaban J connectivity index is 1.65. The first-order valence-electron chi connectivity index (χ1n) is 7.60. The Morgan fingerprint density at radius 3 is 2.83 bits per heavy atom. The monoisotopic (exact) mass is 327 g/mol. The molecule has 1 amide bonds. The van der Waals surface area contributed by atoms with E-state index >= 15 is 0 Å². The fourth-order valence-electron chi connectivity index (χ4n) is 2.82. The second-order valence-electron chi connectivity index (χ2n) is 5.65. The number of carbonyl (C=O) groups is 1. The zero-order chi connectivity index (χ0) is 17.1. The van der Waals surface area contributed by atoms with Gasteiger partial charge in [-0.2, -0.15) is 0 Å². The highest BCUT2D eigenvalue weighted by molar-refractivity contribution is 5.82. The number of nitrogens with one attached hydrogen (secondary N) is 1. The van der Waals surface area contributed by atoms with Gasteiger partial charge in [0.2, 0.25) is 5.91 Å². The van der Waals surface area contributed by atoms with Crippen LogP contribution in [0.15, 0.2) is 42.5 Å². The molecule has 2 aromatic rings. The summed E-state index contributed by atoms with van der Waals surface area (Å²) < 4.78 is 0. The maximum atomic E-state index is 12.4. The molecule has 0 aliphatic carbocycles. The minimum atomic E-state index is -0.479. The molecule has 0 radical (unpaired) electrons. The molecule has 2 N–H and O–H groups in total. The first-order chi connectivity index (χ1) is 11.5. The predicted octanol–water partition coefficient (Wildman–Crippen LogP) is 2.30. The van der Waals surface area contributed by atoms with Crippen molar-refractivity contribution in [3.05, 3.63) is 63.7 Å². The third kappa shape index (κ3) is 3.29. The van der Waals surface area contributed by atoms with Gasteiger partial charge in [-0.25, -0.2) is 0 Å². The van der Waals surface area contributed by atoms with Crippen molar-refractivity contribution in [2.24, 2.45) is 0 Å². The number of para-hydroxylation sites is 2. The smallest absolute Gasteiger partial charge is 0.292 e. The van der Waals surface area contributed by atoms with Crippen LogP contribution in [0.1, 0.15) is 11.1 Å². The number of phenolic OH excluding ortho intramolecular Hbond substituents is 1. The van der Waals surface area contributed by atoms with Gasteiger partial charge in [-0.1, -0.05) is 18.2 Å². The Morgan fingerprint density at radius 2 is 2.04 bits per heavy atom. The lowest BCUT2D eigenvalue weighted by Crippen LogP contribution is -2.39. The van der Waals surface area contributed by atoms with E-state index in [1.165, 1.54) is 6.07 Å². The summed E-state index contributed by atoms with van der Waals surface area (Å²) in [6, 6.07) is 11.4. The lowest BCUT2D eigenvalue weighted by atomic mass is 9.99. The Kier molecular flexibility index (Phi) is 4.33. The fourth-order valence-corrected chi connectivity index (χ4v) is 2.82. The summed E-state index contributed by atoms with van der Waals surface area (Å²) >= 11 is 0. The van der Waals surface area contributed by atoms with Gasteiger partial charge in [0, 0.05) is 19.2 Å². The minimum Gasteiger partial charge on any atom is -0.508 e. The number of nitrogens with zero attached hydrogens (tertiary/aromatic N) is 2. The number of anilines is 1. The molecule has 1 aliphatic rings.